The molecule has 134 valence electrons. The van der Waals surface area contributed by atoms with Gasteiger partial charge in [-0.05, 0) is 73.6 Å². The molecule has 0 amide bonds. The van der Waals surface area contributed by atoms with Crippen LogP contribution in [-0.2, 0) is 22.3 Å². The van der Waals surface area contributed by atoms with E-state index in [1.807, 2.05) is 0 Å². The van der Waals surface area contributed by atoms with Crippen molar-refractivity contribution in [2.45, 2.75) is 63.9 Å². The van der Waals surface area contributed by atoms with Crippen LogP contribution in [0.15, 0.2) is 18.2 Å². The number of hydrogen-bond donors (Lipinski definition) is 1. The maximum atomic E-state index is 5.97. The average Bonchev–Trinajstić information content (AvgIpc) is 2.57. The van der Waals surface area contributed by atoms with Gasteiger partial charge in [0, 0.05) is 6.61 Å². The lowest BCUT2D eigenvalue weighted by Crippen LogP contribution is -2.36. The second kappa shape index (κ2) is 8.98. The smallest absolute Gasteiger partial charge is 0.104 e. The summed E-state index contributed by atoms with van der Waals surface area (Å²) in [5.74, 6) is 1.36. The van der Waals surface area contributed by atoms with E-state index in [4.69, 9.17) is 15.2 Å². The highest BCUT2D eigenvalue weighted by molar-refractivity contribution is 5.36. The van der Waals surface area contributed by atoms with Gasteiger partial charge in [0.25, 0.3) is 0 Å². The fourth-order valence-electron chi connectivity index (χ4n) is 4.05. The van der Waals surface area contributed by atoms with Gasteiger partial charge in [0.1, 0.15) is 6.10 Å². The third-order valence-corrected chi connectivity index (χ3v) is 5.67. The van der Waals surface area contributed by atoms with Crippen molar-refractivity contribution >= 4 is 0 Å². The normalized spacial score (nSPS) is 22.0. The molecule has 0 bridgehead atoms. The largest absolute Gasteiger partial charge is 0.376 e. The van der Waals surface area contributed by atoms with Gasteiger partial charge in [-0.3, -0.25) is 0 Å². The van der Waals surface area contributed by atoms with Gasteiger partial charge in [-0.1, -0.05) is 31.5 Å². The maximum Gasteiger partial charge on any atom is 0.104 e. The molecule has 0 saturated carbocycles. The molecule has 1 heterocycles. The number of aryl methyl sites for hydroxylation is 1. The summed E-state index contributed by atoms with van der Waals surface area (Å²) in [5.41, 5.74) is 10.6. The van der Waals surface area contributed by atoms with Gasteiger partial charge in [0.2, 0.25) is 0 Å². The van der Waals surface area contributed by atoms with Gasteiger partial charge in [0.05, 0.1) is 13.2 Å². The Morgan fingerprint density at radius 2 is 2.17 bits per heavy atom. The number of fused-ring (bicyclic) bond motifs is 1. The first-order chi connectivity index (χ1) is 11.8. The lowest BCUT2D eigenvalue weighted by molar-refractivity contribution is -0.130. The molecule has 24 heavy (non-hydrogen) atoms. The van der Waals surface area contributed by atoms with Crippen LogP contribution in [0.25, 0.3) is 0 Å². The van der Waals surface area contributed by atoms with E-state index in [0.717, 1.165) is 32.3 Å². The van der Waals surface area contributed by atoms with Crippen molar-refractivity contribution in [1.82, 2.24) is 0 Å². The van der Waals surface area contributed by atoms with Crippen LogP contribution in [0.5, 0.6) is 0 Å². The van der Waals surface area contributed by atoms with Crippen LogP contribution < -0.4 is 5.73 Å². The molecule has 0 spiro atoms. The summed E-state index contributed by atoms with van der Waals surface area (Å²) in [4.78, 5) is 0. The van der Waals surface area contributed by atoms with E-state index in [1.54, 1.807) is 11.1 Å². The molecule has 1 unspecified atom stereocenters. The number of ether oxygens (including phenoxy) is 2. The summed E-state index contributed by atoms with van der Waals surface area (Å²) in [6.45, 7) is 5.49. The zero-order chi connectivity index (χ0) is 16.8. The highest BCUT2D eigenvalue weighted by atomic mass is 16.6. The van der Waals surface area contributed by atoms with E-state index in [1.165, 1.54) is 50.5 Å². The zero-order valence-electron chi connectivity index (χ0n) is 15.1. The van der Waals surface area contributed by atoms with Crippen LogP contribution in [-0.4, -0.2) is 32.5 Å². The summed E-state index contributed by atoms with van der Waals surface area (Å²) in [5, 5.41) is 0. The minimum absolute atomic E-state index is 0.370. The fourth-order valence-corrected chi connectivity index (χ4v) is 4.05. The van der Waals surface area contributed by atoms with Crippen LogP contribution in [0, 0.1) is 5.92 Å². The van der Waals surface area contributed by atoms with Crippen LogP contribution >= 0.6 is 0 Å². The third kappa shape index (κ3) is 4.59. The minimum Gasteiger partial charge on any atom is -0.376 e. The number of benzene rings is 1. The van der Waals surface area contributed by atoms with E-state index in [2.05, 4.69) is 25.1 Å². The van der Waals surface area contributed by atoms with Gasteiger partial charge in [-0.25, -0.2) is 0 Å². The van der Waals surface area contributed by atoms with Crippen LogP contribution in [0.3, 0.4) is 0 Å². The first kappa shape index (κ1) is 17.9. The van der Waals surface area contributed by atoms with E-state index < -0.39 is 0 Å². The van der Waals surface area contributed by atoms with Gasteiger partial charge in [-0.2, -0.15) is 0 Å². The Morgan fingerprint density at radius 1 is 1.29 bits per heavy atom. The lowest BCUT2D eigenvalue weighted by atomic mass is 9.80. The first-order valence-corrected chi connectivity index (χ1v) is 9.81. The molecule has 1 aromatic carbocycles. The maximum absolute atomic E-state index is 5.97. The molecule has 2 atom stereocenters. The van der Waals surface area contributed by atoms with Crippen molar-refractivity contribution in [1.29, 1.82) is 0 Å². The van der Waals surface area contributed by atoms with Crippen LogP contribution in [0.4, 0.5) is 0 Å². The molecule has 1 aliphatic carbocycles. The van der Waals surface area contributed by atoms with Crippen molar-refractivity contribution in [2.24, 2.45) is 11.7 Å². The molecule has 1 fully saturated rings. The van der Waals surface area contributed by atoms with Gasteiger partial charge >= 0.3 is 0 Å². The van der Waals surface area contributed by atoms with E-state index in [0.29, 0.717) is 12.0 Å². The predicted octanol–water partition coefficient (Wildman–Crippen LogP) is 3.83. The predicted molar refractivity (Wildman–Crippen MR) is 98.5 cm³/mol. The molecular formula is C21H33NO2. The van der Waals surface area contributed by atoms with Crippen LogP contribution in [0.2, 0.25) is 0 Å². The summed E-state index contributed by atoms with van der Waals surface area (Å²) in [7, 11) is 0. The molecule has 2 aliphatic rings. The lowest BCUT2D eigenvalue weighted by Gasteiger charge is -2.28. The number of nitrogens with two attached hydrogens (primary N) is 1. The molecule has 2 N–H and O–H groups in total. The highest BCUT2D eigenvalue weighted by Gasteiger charge is 2.21. The van der Waals surface area contributed by atoms with Crippen molar-refractivity contribution in [2.75, 3.05) is 26.4 Å². The molecule has 1 saturated heterocycles. The van der Waals surface area contributed by atoms with Crippen molar-refractivity contribution < 1.29 is 9.47 Å². The Hall–Kier alpha value is -0.900. The van der Waals surface area contributed by atoms with Gasteiger partial charge in [-0.15, -0.1) is 0 Å². The zero-order valence-corrected chi connectivity index (χ0v) is 15.1. The second-order valence-electron chi connectivity index (χ2n) is 7.53. The Balaban J connectivity index is 1.48. The van der Waals surface area contributed by atoms with Gasteiger partial charge < -0.3 is 15.2 Å². The molecule has 1 aromatic rings. The summed E-state index contributed by atoms with van der Waals surface area (Å²) < 4.78 is 10.9. The number of rotatable bonds is 9. The SMILES string of the molecule is CCCC(CN)c1ccc2c(c1)CC[C@H](CCCOC1COC1)C2. The molecule has 0 aromatic heterocycles. The molecule has 3 heteroatoms. The Kier molecular flexibility index (Phi) is 6.70. The summed E-state index contributed by atoms with van der Waals surface area (Å²) in [6, 6.07) is 7.14. The van der Waals surface area contributed by atoms with E-state index >= 15 is 0 Å². The Morgan fingerprint density at radius 3 is 2.88 bits per heavy atom. The molecule has 3 rings (SSSR count). The summed E-state index contributed by atoms with van der Waals surface area (Å²) in [6.07, 6.45) is 9.03. The second-order valence-corrected chi connectivity index (χ2v) is 7.53. The topological polar surface area (TPSA) is 44.5 Å². The molecule has 0 radical (unpaired) electrons. The van der Waals surface area contributed by atoms with E-state index in [9.17, 15) is 0 Å². The van der Waals surface area contributed by atoms with E-state index in [-0.39, 0.29) is 0 Å². The fraction of sp³-hybridized carbons (Fsp3) is 0.714. The van der Waals surface area contributed by atoms with Crippen molar-refractivity contribution in [3.8, 4) is 0 Å². The van der Waals surface area contributed by atoms with Gasteiger partial charge in [0.15, 0.2) is 0 Å². The first-order valence-electron chi connectivity index (χ1n) is 9.81. The highest BCUT2D eigenvalue weighted by Crippen LogP contribution is 2.31. The quantitative estimate of drug-likeness (QED) is 0.700. The van der Waals surface area contributed by atoms with Crippen molar-refractivity contribution in [3.63, 3.8) is 0 Å². The Labute approximate surface area is 146 Å². The standard InChI is InChI=1S/C21H33NO2/c1-2-4-20(13-22)19-9-8-17-11-16(6-7-18(17)12-19)5-3-10-24-21-14-23-15-21/h8-9,12,16,20-21H,2-7,10-11,13-15,22H2,1H3/t16-,20?/m0/s1. The van der Waals surface area contributed by atoms with Crippen LogP contribution in [0.1, 0.15) is 61.6 Å². The Bertz CT molecular complexity index is 513. The monoisotopic (exact) mass is 331 g/mol. The average molecular weight is 332 g/mol. The number of hydrogen-bond acceptors (Lipinski definition) is 3. The third-order valence-electron chi connectivity index (χ3n) is 5.67. The van der Waals surface area contributed by atoms with Crippen molar-refractivity contribution in [3.05, 3.63) is 34.9 Å². The molecular weight excluding hydrogens is 298 g/mol. The molecule has 3 nitrogen and oxygen atoms in total. The minimum atomic E-state index is 0.370. The summed E-state index contributed by atoms with van der Waals surface area (Å²) >= 11 is 0. The molecule has 1 aliphatic heterocycles.